The molecule has 0 bridgehead atoms. The van der Waals surface area contributed by atoms with Gasteiger partial charge in [-0.1, -0.05) is 31.9 Å². The van der Waals surface area contributed by atoms with Crippen LogP contribution in [0.2, 0.25) is 0 Å². The molecule has 2 N–H and O–H groups in total. The largest absolute Gasteiger partial charge is 0.507 e. The molecule has 0 aliphatic rings. The molecule has 0 radical (unpaired) electrons. The number of rotatable bonds is 2. The molecule has 0 aliphatic heterocycles. The van der Waals surface area contributed by atoms with Gasteiger partial charge in [-0.3, -0.25) is 4.79 Å². The molecule has 0 aromatic heterocycles. The number of carbonyl (C=O) groups is 1. The van der Waals surface area contributed by atoms with Crippen molar-refractivity contribution in [2.75, 3.05) is 5.32 Å². The molecule has 0 fully saturated rings. The van der Waals surface area contributed by atoms with E-state index in [-0.39, 0.29) is 17.2 Å². The molecule has 0 saturated carbocycles. The fourth-order valence-electron chi connectivity index (χ4n) is 1.98. The van der Waals surface area contributed by atoms with Crippen LogP contribution in [0.4, 0.5) is 5.69 Å². The molecule has 0 heterocycles. The molecule has 104 valence electrons. The normalized spacial score (nSPS) is 10.4. The van der Waals surface area contributed by atoms with Crippen LogP contribution in [-0.4, -0.2) is 11.0 Å². The third-order valence-corrected chi connectivity index (χ3v) is 3.89. The lowest BCUT2D eigenvalue weighted by Crippen LogP contribution is -2.14. The first-order valence-electron chi connectivity index (χ1n) is 5.95. The monoisotopic (exact) mass is 397 g/mol. The van der Waals surface area contributed by atoms with E-state index in [1.54, 1.807) is 12.1 Å². The summed E-state index contributed by atoms with van der Waals surface area (Å²) in [6.07, 6.45) is 0. The highest BCUT2D eigenvalue weighted by atomic mass is 79.9. The summed E-state index contributed by atoms with van der Waals surface area (Å²) < 4.78 is 1.71. The van der Waals surface area contributed by atoms with Gasteiger partial charge in [0, 0.05) is 14.6 Å². The minimum atomic E-state index is -0.336. The van der Waals surface area contributed by atoms with Gasteiger partial charge >= 0.3 is 0 Å². The van der Waals surface area contributed by atoms with Gasteiger partial charge in [0.15, 0.2) is 0 Å². The van der Waals surface area contributed by atoms with Crippen LogP contribution in [0.1, 0.15) is 21.5 Å². The number of carbonyl (C=O) groups excluding carboxylic acids is 1. The van der Waals surface area contributed by atoms with Crippen LogP contribution in [0.15, 0.2) is 39.3 Å². The van der Waals surface area contributed by atoms with Crippen LogP contribution in [-0.2, 0) is 0 Å². The Bertz CT molecular complexity index is 661. The fraction of sp³-hybridized carbons (Fsp3) is 0.133. The van der Waals surface area contributed by atoms with Crippen LogP contribution < -0.4 is 5.32 Å². The van der Waals surface area contributed by atoms with E-state index in [1.165, 1.54) is 6.07 Å². The standard InChI is InChI=1S/C15H13Br2NO2/c1-8-5-11(17)6-9(2)14(8)18-15(20)12-7-10(16)3-4-13(12)19/h3-7,19H,1-2H3,(H,18,20). The zero-order valence-electron chi connectivity index (χ0n) is 11.0. The van der Waals surface area contributed by atoms with Gasteiger partial charge in [-0.2, -0.15) is 0 Å². The number of halogens is 2. The Balaban J connectivity index is 2.35. The van der Waals surface area contributed by atoms with Crippen LogP contribution in [0, 0.1) is 13.8 Å². The number of nitrogens with one attached hydrogen (secondary N) is 1. The topological polar surface area (TPSA) is 49.3 Å². The minimum absolute atomic E-state index is 0.0434. The number of phenols is 1. The maximum absolute atomic E-state index is 12.3. The number of aromatic hydroxyl groups is 1. The van der Waals surface area contributed by atoms with Crippen molar-refractivity contribution in [1.82, 2.24) is 0 Å². The molecule has 3 nitrogen and oxygen atoms in total. The van der Waals surface area contributed by atoms with Gasteiger partial charge in [-0.25, -0.2) is 0 Å². The van der Waals surface area contributed by atoms with Gasteiger partial charge < -0.3 is 10.4 Å². The lowest BCUT2D eigenvalue weighted by atomic mass is 10.1. The second-order valence-corrected chi connectivity index (χ2v) is 6.36. The van der Waals surface area contributed by atoms with Crippen LogP contribution in [0.3, 0.4) is 0 Å². The van der Waals surface area contributed by atoms with Crippen LogP contribution >= 0.6 is 31.9 Å². The Morgan fingerprint density at radius 1 is 1.05 bits per heavy atom. The van der Waals surface area contributed by atoms with Crippen molar-refractivity contribution in [3.05, 3.63) is 56.0 Å². The summed E-state index contributed by atoms with van der Waals surface area (Å²) in [5.41, 5.74) is 2.91. The second-order valence-electron chi connectivity index (χ2n) is 4.53. The zero-order valence-corrected chi connectivity index (χ0v) is 14.2. The molecule has 2 aromatic carbocycles. The summed E-state index contributed by atoms with van der Waals surface area (Å²) in [6, 6.07) is 8.63. The smallest absolute Gasteiger partial charge is 0.259 e. The lowest BCUT2D eigenvalue weighted by Gasteiger charge is -2.13. The highest BCUT2D eigenvalue weighted by Gasteiger charge is 2.14. The molecule has 5 heteroatoms. The molecule has 0 atom stereocenters. The van der Waals surface area contributed by atoms with Gasteiger partial charge in [-0.05, 0) is 55.3 Å². The molecule has 0 saturated heterocycles. The van der Waals surface area contributed by atoms with Crippen molar-refractivity contribution in [1.29, 1.82) is 0 Å². The van der Waals surface area contributed by atoms with Gasteiger partial charge in [0.25, 0.3) is 5.91 Å². The highest BCUT2D eigenvalue weighted by molar-refractivity contribution is 9.10. The van der Waals surface area contributed by atoms with Crippen molar-refractivity contribution in [2.24, 2.45) is 0 Å². The molecular formula is C15H13Br2NO2. The third kappa shape index (κ3) is 3.22. The predicted molar refractivity (Wildman–Crippen MR) is 87.4 cm³/mol. The number of hydrogen-bond donors (Lipinski definition) is 2. The molecule has 0 unspecified atom stereocenters. The summed E-state index contributed by atoms with van der Waals surface area (Å²) in [6.45, 7) is 3.85. The Morgan fingerprint density at radius 2 is 1.65 bits per heavy atom. The summed E-state index contributed by atoms with van der Waals surface area (Å²) in [5, 5.41) is 12.6. The first kappa shape index (κ1) is 15.1. The maximum atomic E-state index is 12.3. The number of anilines is 1. The van der Waals surface area contributed by atoms with E-state index >= 15 is 0 Å². The number of hydrogen-bond acceptors (Lipinski definition) is 2. The Morgan fingerprint density at radius 3 is 2.25 bits per heavy atom. The highest BCUT2D eigenvalue weighted by Crippen LogP contribution is 2.27. The van der Waals surface area contributed by atoms with Crippen molar-refractivity contribution >= 4 is 43.5 Å². The summed E-state index contributed by atoms with van der Waals surface area (Å²) >= 11 is 6.71. The van der Waals surface area contributed by atoms with Crippen LogP contribution in [0.5, 0.6) is 5.75 Å². The van der Waals surface area contributed by atoms with Crippen molar-refractivity contribution in [3.63, 3.8) is 0 Å². The average molecular weight is 399 g/mol. The van der Waals surface area contributed by atoms with Crippen molar-refractivity contribution in [3.8, 4) is 5.75 Å². The van der Waals surface area contributed by atoms with Gasteiger partial charge in [0.2, 0.25) is 0 Å². The summed E-state index contributed by atoms with van der Waals surface area (Å²) in [4.78, 5) is 12.3. The van der Waals surface area contributed by atoms with Gasteiger partial charge in [-0.15, -0.1) is 0 Å². The molecule has 0 aliphatic carbocycles. The zero-order chi connectivity index (χ0) is 14.9. The number of phenolic OH excluding ortho intramolecular Hbond substituents is 1. The summed E-state index contributed by atoms with van der Waals surface area (Å²) in [5.74, 6) is -0.379. The van der Waals surface area contributed by atoms with Crippen molar-refractivity contribution < 1.29 is 9.90 Å². The van der Waals surface area contributed by atoms with E-state index in [2.05, 4.69) is 37.2 Å². The molecule has 2 aromatic rings. The maximum Gasteiger partial charge on any atom is 0.259 e. The van der Waals surface area contributed by atoms with E-state index in [0.29, 0.717) is 0 Å². The van der Waals surface area contributed by atoms with E-state index in [4.69, 9.17) is 0 Å². The minimum Gasteiger partial charge on any atom is -0.507 e. The molecule has 20 heavy (non-hydrogen) atoms. The Labute approximate surface area is 134 Å². The Hall–Kier alpha value is -1.33. The van der Waals surface area contributed by atoms with E-state index in [1.807, 2.05) is 26.0 Å². The summed E-state index contributed by atoms with van der Waals surface area (Å²) in [7, 11) is 0. The van der Waals surface area contributed by atoms with Crippen LogP contribution in [0.25, 0.3) is 0 Å². The Kier molecular flexibility index (Phi) is 4.50. The first-order chi connectivity index (χ1) is 9.38. The van der Waals surface area contributed by atoms with E-state index < -0.39 is 0 Å². The van der Waals surface area contributed by atoms with Crippen molar-refractivity contribution in [2.45, 2.75) is 13.8 Å². The third-order valence-electron chi connectivity index (χ3n) is 2.94. The molecule has 2 rings (SSSR count). The number of aryl methyl sites for hydroxylation is 2. The first-order valence-corrected chi connectivity index (χ1v) is 7.53. The number of amides is 1. The average Bonchev–Trinajstić information content (AvgIpc) is 2.36. The second kappa shape index (κ2) is 5.97. The molecule has 1 amide bonds. The van der Waals surface area contributed by atoms with E-state index in [0.717, 1.165) is 25.8 Å². The fourth-order valence-corrected chi connectivity index (χ4v) is 3.03. The van der Waals surface area contributed by atoms with E-state index in [9.17, 15) is 9.90 Å². The van der Waals surface area contributed by atoms with Gasteiger partial charge in [0.1, 0.15) is 5.75 Å². The molecule has 0 spiro atoms. The molecular weight excluding hydrogens is 386 g/mol. The SMILES string of the molecule is Cc1cc(Br)cc(C)c1NC(=O)c1cc(Br)ccc1O. The lowest BCUT2D eigenvalue weighted by molar-refractivity contribution is 0.102. The predicted octanol–water partition coefficient (Wildman–Crippen LogP) is 4.79. The number of benzene rings is 2. The quantitative estimate of drug-likeness (QED) is 0.764. The van der Waals surface area contributed by atoms with Gasteiger partial charge in [0.05, 0.1) is 5.56 Å².